The lowest BCUT2D eigenvalue weighted by Crippen LogP contribution is -2.42. The molecular formula is C28H36FN7O3. The molecule has 11 heteroatoms. The van der Waals surface area contributed by atoms with E-state index in [1.54, 1.807) is 29.2 Å². The Hall–Kier alpha value is -3.73. The summed E-state index contributed by atoms with van der Waals surface area (Å²) in [5, 5.41) is 10.8. The molecule has 0 spiro atoms. The molecule has 3 heterocycles. The van der Waals surface area contributed by atoms with Crippen LogP contribution in [0.25, 0.3) is 0 Å². The number of nitrogens with two attached hydrogens (primary N) is 1. The fourth-order valence-corrected chi connectivity index (χ4v) is 5.23. The number of halogens is 1. The van der Waals surface area contributed by atoms with Gasteiger partial charge in [0.25, 0.3) is 5.91 Å². The number of carbonyl (C=O) groups is 2. The Balaban J connectivity index is 1.29. The van der Waals surface area contributed by atoms with Gasteiger partial charge in [-0.2, -0.15) is 5.10 Å². The second-order valence-electron chi connectivity index (χ2n) is 11.6. The van der Waals surface area contributed by atoms with Gasteiger partial charge in [-0.05, 0) is 83.1 Å². The van der Waals surface area contributed by atoms with Crippen molar-refractivity contribution in [2.24, 2.45) is 11.7 Å². The average molecular weight is 538 g/mol. The summed E-state index contributed by atoms with van der Waals surface area (Å²) < 4.78 is 23.7. The van der Waals surface area contributed by atoms with E-state index in [1.807, 2.05) is 26.8 Å². The van der Waals surface area contributed by atoms with Crippen LogP contribution in [0.1, 0.15) is 75.0 Å². The predicted molar refractivity (Wildman–Crippen MR) is 144 cm³/mol. The van der Waals surface area contributed by atoms with Gasteiger partial charge in [-0.3, -0.25) is 9.36 Å². The second kappa shape index (κ2) is 10.8. The summed E-state index contributed by atoms with van der Waals surface area (Å²) >= 11 is 0. The summed E-state index contributed by atoms with van der Waals surface area (Å²) in [5.41, 5.74) is 6.38. The van der Waals surface area contributed by atoms with E-state index in [9.17, 15) is 14.0 Å². The number of aromatic nitrogens is 4. The van der Waals surface area contributed by atoms with Crippen molar-refractivity contribution in [2.45, 2.75) is 76.5 Å². The minimum atomic E-state index is -0.572. The van der Waals surface area contributed by atoms with Crippen molar-refractivity contribution in [1.82, 2.24) is 24.6 Å². The Bertz CT molecular complexity index is 1330. The maximum atomic E-state index is 14.8. The zero-order valence-corrected chi connectivity index (χ0v) is 22.6. The quantitative estimate of drug-likeness (QED) is 0.405. The van der Waals surface area contributed by atoms with Gasteiger partial charge >= 0.3 is 6.09 Å². The van der Waals surface area contributed by atoms with Crippen LogP contribution in [0.5, 0.6) is 0 Å². The molecule has 2 saturated carbocycles. The number of nitrogens with zero attached hydrogens (tertiary/aromatic N) is 4. The number of nitrogens with one attached hydrogen (secondary N) is 2. The fraction of sp³-hybridized carbons (Fsp3) is 0.500. The van der Waals surface area contributed by atoms with Crippen LogP contribution in [-0.2, 0) is 10.3 Å². The van der Waals surface area contributed by atoms with Crippen LogP contribution in [0.3, 0.4) is 0 Å². The lowest BCUT2D eigenvalue weighted by atomic mass is 9.81. The van der Waals surface area contributed by atoms with Gasteiger partial charge in [-0.1, -0.05) is 0 Å². The minimum absolute atomic E-state index is 0.0461. The highest BCUT2D eigenvalue weighted by atomic mass is 19.1. The Kier molecular flexibility index (Phi) is 7.44. The summed E-state index contributed by atoms with van der Waals surface area (Å²) in [5.74, 6) is 0.0563. The normalized spacial score (nSPS) is 22.8. The van der Waals surface area contributed by atoms with E-state index in [-0.39, 0.29) is 35.5 Å². The van der Waals surface area contributed by atoms with Crippen molar-refractivity contribution in [1.29, 1.82) is 0 Å². The van der Waals surface area contributed by atoms with E-state index >= 15 is 0 Å². The topological polar surface area (TPSA) is 129 Å². The van der Waals surface area contributed by atoms with Gasteiger partial charge in [-0.15, -0.1) is 0 Å². The van der Waals surface area contributed by atoms with Gasteiger partial charge in [0.05, 0.1) is 11.2 Å². The highest BCUT2D eigenvalue weighted by Gasteiger charge is 2.32. The van der Waals surface area contributed by atoms with E-state index in [4.69, 9.17) is 15.6 Å². The van der Waals surface area contributed by atoms with Gasteiger partial charge in [0, 0.05) is 37.0 Å². The second-order valence-corrected chi connectivity index (χ2v) is 11.6. The standard InChI is InChI=1S/C28H36FN7O3/c1-28(2,3)36-24(15-23(34-36)18-6-7-20(14-18)39-27(38)35-10-4-5-11-35)33-25-21(29)8-9-22(32-25)26(37)31-16-17-12-19(30)13-17/h4-5,8-11,15,17-20H,6-7,12-14,16,30H2,1-3H3,(H,31,37)(H,32,33)/t17-,18-,19-,20?/m0/s1. The van der Waals surface area contributed by atoms with Crippen molar-refractivity contribution in [3.63, 3.8) is 0 Å². The number of pyridine rings is 1. The summed E-state index contributed by atoms with van der Waals surface area (Å²) in [6.45, 7) is 6.54. The number of carbonyl (C=O) groups excluding carboxylic acids is 2. The van der Waals surface area contributed by atoms with Gasteiger partial charge in [0.1, 0.15) is 17.6 Å². The predicted octanol–water partition coefficient (Wildman–Crippen LogP) is 4.51. The van der Waals surface area contributed by atoms with Crippen LogP contribution in [0.4, 0.5) is 20.8 Å². The molecule has 0 aliphatic heterocycles. The zero-order valence-electron chi connectivity index (χ0n) is 22.6. The highest BCUT2D eigenvalue weighted by Crippen LogP contribution is 2.38. The van der Waals surface area contributed by atoms with E-state index in [0.29, 0.717) is 24.7 Å². The molecule has 2 aliphatic carbocycles. The molecule has 1 unspecified atom stereocenters. The number of rotatable bonds is 7. The molecular weight excluding hydrogens is 501 g/mol. The Morgan fingerprint density at radius 3 is 2.59 bits per heavy atom. The largest absolute Gasteiger partial charge is 0.446 e. The van der Waals surface area contributed by atoms with Crippen molar-refractivity contribution in [2.75, 3.05) is 11.9 Å². The van der Waals surface area contributed by atoms with E-state index in [2.05, 4.69) is 15.6 Å². The Morgan fingerprint density at radius 1 is 1.15 bits per heavy atom. The molecule has 4 N–H and O–H groups in total. The summed E-state index contributed by atoms with van der Waals surface area (Å²) in [6, 6.07) is 8.26. The number of anilines is 2. The first-order valence-corrected chi connectivity index (χ1v) is 13.5. The molecule has 2 atom stereocenters. The van der Waals surface area contributed by atoms with Crippen molar-refractivity contribution in [3.05, 3.63) is 59.9 Å². The lowest BCUT2D eigenvalue weighted by molar-refractivity contribution is 0.0929. The molecule has 3 aromatic rings. The SMILES string of the molecule is CC(C)(C)n1nc([C@H]2CCC(OC(=O)n3cccc3)C2)cc1Nc1nc(C(=O)NC[C@H]2C[C@H](N)C2)ccc1F. The molecule has 0 bridgehead atoms. The molecule has 0 saturated heterocycles. The minimum Gasteiger partial charge on any atom is -0.446 e. The van der Waals surface area contributed by atoms with E-state index < -0.39 is 17.4 Å². The van der Waals surface area contributed by atoms with Crippen molar-refractivity contribution in [3.8, 4) is 0 Å². The van der Waals surface area contributed by atoms with Gasteiger partial charge in [-0.25, -0.2) is 18.9 Å². The number of amides is 1. The lowest BCUT2D eigenvalue weighted by Gasteiger charge is -2.32. The molecule has 5 rings (SSSR count). The van der Waals surface area contributed by atoms with Crippen molar-refractivity contribution < 1.29 is 18.7 Å². The molecule has 208 valence electrons. The molecule has 0 aromatic carbocycles. The molecule has 3 aromatic heterocycles. The monoisotopic (exact) mass is 537 g/mol. The fourth-order valence-electron chi connectivity index (χ4n) is 5.23. The van der Waals surface area contributed by atoms with E-state index in [0.717, 1.165) is 31.4 Å². The number of hydrogen-bond acceptors (Lipinski definition) is 7. The first kappa shape index (κ1) is 26.9. The number of hydrogen-bond donors (Lipinski definition) is 3. The Morgan fingerprint density at radius 2 is 1.90 bits per heavy atom. The summed E-state index contributed by atoms with van der Waals surface area (Å²) in [7, 11) is 0. The van der Waals surface area contributed by atoms with Gasteiger partial charge in [0.15, 0.2) is 11.6 Å². The molecule has 39 heavy (non-hydrogen) atoms. The average Bonchev–Trinajstić information content (AvgIpc) is 3.63. The van der Waals surface area contributed by atoms with Crippen LogP contribution >= 0.6 is 0 Å². The molecule has 0 radical (unpaired) electrons. The first-order chi connectivity index (χ1) is 18.6. The maximum absolute atomic E-state index is 14.8. The van der Waals surface area contributed by atoms with Crippen molar-refractivity contribution >= 4 is 23.6 Å². The molecule has 2 fully saturated rings. The summed E-state index contributed by atoms with van der Waals surface area (Å²) in [4.78, 5) is 29.3. The van der Waals surface area contributed by atoms with E-state index in [1.165, 1.54) is 16.7 Å². The highest BCUT2D eigenvalue weighted by molar-refractivity contribution is 5.92. The first-order valence-electron chi connectivity index (χ1n) is 13.5. The summed E-state index contributed by atoms with van der Waals surface area (Å²) in [6.07, 6.45) is 6.71. The maximum Gasteiger partial charge on any atom is 0.418 e. The van der Waals surface area contributed by atoms with Crippen LogP contribution in [-0.4, -0.2) is 50.0 Å². The number of ether oxygens (including phenoxy) is 1. The molecule has 1 amide bonds. The molecule has 2 aliphatic rings. The third-order valence-corrected chi connectivity index (χ3v) is 7.40. The van der Waals surface area contributed by atoms with Crippen LogP contribution in [0, 0.1) is 11.7 Å². The van der Waals surface area contributed by atoms with Crippen LogP contribution in [0.2, 0.25) is 0 Å². The smallest absolute Gasteiger partial charge is 0.418 e. The van der Waals surface area contributed by atoms with Gasteiger partial charge < -0.3 is 21.1 Å². The van der Waals surface area contributed by atoms with Gasteiger partial charge in [0.2, 0.25) is 0 Å². The Labute approximate surface area is 227 Å². The third kappa shape index (κ3) is 6.13. The van der Waals surface area contributed by atoms with Crippen LogP contribution in [0.15, 0.2) is 42.7 Å². The molecule has 10 nitrogen and oxygen atoms in total. The third-order valence-electron chi connectivity index (χ3n) is 7.40. The zero-order chi connectivity index (χ0) is 27.7. The van der Waals surface area contributed by atoms with Crippen LogP contribution < -0.4 is 16.4 Å².